The quantitative estimate of drug-likeness (QED) is 0.427. The van der Waals surface area contributed by atoms with Gasteiger partial charge < -0.3 is 19.4 Å². The number of aliphatic carboxylic acids is 1. The predicted octanol–water partition coefficient (Wildman–Crippen LogP) is 1.97. The molecule has 0 aliphatic carbocycles. The van der Waals surface area contributed by atoms with Crippen molar-refractivity contribution in [2.45, 2.75) is 13.8 Å². The van der Waals surface area contributed by atoms with Crippen LogP contribution in [0.3, 0.4) is 0 Å². The molecule has 0 bridgehead atoms. The molecule has 2 heterocycles. The first-order valence-corrected chi connectivity index (χ1v) is 10.5. The molecule has 154 valence electrons. The lowest BCUT2D eigenvalue weighted by Gasteiger charge is -2.11. The molecule has 4 rings (SSSR count). The number of carboxylic acids is 1. The van der Waals surface area contributed by atoms with Gasteiger partial charge in [0.15, 0.2) is 16.5 Å². The number of ether oxygens (including phenoxy) is 2. The zero-order chi connectivity index (χ0) is 21.6. The molecule has 0 aliphatic heterocycles. The molecule has 0 spiro atoms. The zero-order valence-corrected chi connectivity index (χ0v) is 18.7. The summed E-state index contributed by atoms with van der Waals surface area (Å²) in [5, 5.41) is 10.6. The minimum Gasteiger partial charge on any atom is -0.546 e. The number of benzene rings is 2. The first-order valence-electron chi connectivity index (χ1n) is 8.93. The van der Waals surface area contributed by atoms with Crippen molar-refractivity contribution in [3.8, 4) is 11.5 Å². The third-order valence-corrected chi connectivity index (χ3v) is 6.75. The van der Waals surface area contributed by atoms with Crippen LogP contribution < -0.4 is 24.7 Å². The molecule has 4 aromatic rings. The Balaban J connectivity index is 1.83. The number of carboxylic acid groups (broad SMARTS) is 1. The molecule has 30 heavy (non-hydrogen) atoms. The van der Waals surface area contributed by atoms with Crippen LogP contribution in [-0.4, -0.2) is 29.1 Å². The molecular formula is C21H16BrN2O5S-. The highest BCUT2D eigenvalue weighted by Gasteiger charge is 2.16. The first kappa shape index (κ1) is 20.4. The second-order valence-corrected chi connectivity index (χ2v) is 8.52. The minimum absolute atomic E-state index is 0.149. The van der Waals surface area contributed by atoms with Gasteiger partial charge in [-0.25, -0.2) is 9.38 Å². The maximum absolute atomic E-state index is 13.1. The Morgan fingerprint density at radius 3 is 2.77 bits per heavy atom. The standard InChI is InChI=1S/C21H17BrN2O5S/c1-10-6-13-19(18(22)11(10)2)23-21-24(13)20(27)16(30-21)8-12-4-5-14(15(7-12)28-3)29-9-17(25)26/h4-8H,9H2,1-3H3,(H,25,26)/p-1/b16-8+. The van der Waals surface area contributed by atoms with E-state index in [1.807, 2.05) is 19.9 Å². The molecule has 9 heteroatoms. The third-order valence-electron chi connectivity index (χ3n) is 4.81. The molecule has 0 fully saturated rings. The van der Waals surface area contributed by atoms with Gasteiger partial charge in [-0.2, -0.15) is 0 Å². The molecule has 0 radical (unpaired) electrons. The molecular weight excluding hydrogens is 472 g/mol. The van der Waals surface area contributed by atoms with E-state index in [0.717, 1.165) is 26.6 Å². The number of carbonyl (C=O) groups is 1. The Morgan fingerprint density at radius 2 is 2.07 bits per heavy atom. The van der Waals surface area contributed by atoms with Gasteiger partial charge in [0.2, 0.25) is 0 Å². The van der Waals surface area contributed by atoms with E-state index in [0.29, 0.717) is 20.8 Å². The highest BCUT2D eigenvalue weighted by Crippen LogP contribution is 2.31. The molecule has 0 amide bonds. The van der Waals surface area contributed by atoms with Gasteiger partial charge in [0.25, 0.3) is 5.56 Å². The topological polar surface area (TPSA) is 93.0 Å². The highest BCUT2D eigenvalue weighted by atomic mass is 79.9. The van der Waals surface area contributed by atoms with Crippen LogP contribution in [0.5, 0.6) is 11.5 Å². The van der Waals surface area contributed by atoms with Gasteiger partial charge >= 0.3 is 0 Å². The highest BCUT2D eigenvalue weighted by molar-refractivity contribution is 9.10. The van der Waals surface area contributed by atoms with Crippen molar-refractivity contribution >= 4 is 55.3 Å². The number of hydrogen-bond acceptors (Lipinski definition) is 7. The number of methoxy groups -OCH3 is 1. The summed E-state index contributed by atoms with van der Waals surface area (Å²) >= 11 is 4.89. The lowest BCUT2D eigenvalue weighted by Crippen LogP contribution is -2.29. The average molecular weight is 488 g/mol. The molecule has 0 N–H and O–H groups in total. The first-order chi connectivity index (χ1) is 14.3. The van der Waals surface area contributed by atoms with E-state index in [-0.39, 0.29) is 11.3 Å². The largest absolute Gasteiger partial charge is 0.546 e. The van der Waals surface area contributed by atoms with E-state index in [9.17, 15) is 14.7 Å². The normalized spacial score (nSPS) is 12.1. The van der Waals surface area contributed by atoms with Gasteiger partial charge in [0.1, 0.15) is 12.1 Å². The summed E-state index contributed by atoms with van der Waals surface area (Å²) in [6.45, 7) is 3.43. The molecule has 0 aliphatic rings. The Bertz CT molecular complexity index is 1420. The number of aromatic nitrogens is 2. The van der Waals surface area contributed by atoms with Crippen molar-refractivity contribution in [2.75, 3.05) is 13.7 Å². The van der Waals surface area contributed by atoms with E-state index in [4.69, 9.17) is 9.47 Å². The summed E-state index contributed by atoms with van der Waals surface area (Å²) in [4.78, 5) is 28.9. The van der Waals surface area contributed by atoms with Crippen LogP contribution in [0.1, 0.15) is 16.7 Å². The van der Waals surface area contributed by atoms with Crippen molar-refractivity contribution in [3.05, 3.63) is 60.3 Å². The van der Waals surface area contributed by atoms with E-state index in [1.54, 1.807) is 28.7 Å². The van der Waals surface area contributed by atoms with E-state index >= 15 is 0 Å². The fourth-order valence-electron chi connectivity index (χ4n) is 3.16. The monoisotopic (exact) mass is 487 g/mol. The van der Waals surface area contributed by atoms with Gasteiger partial charge in [-0.3, -0.25) is 4.79 Å². The number of hydrogen-bond donors (Lipinski definition) is 0. The number of nitrogens with zero attached hydrogens (tertiary/aromatic N) is 2. The van der Waals surface area contributed by atoms with Crippen molar-refractivity contribution in [3.63, 3.8) is 0 Å². The van der Waals surface area contributed by atoms with Gasteiger partial charge in [-0.05, 0) is 70.7 Å². The Hall–Kier alpha value is -2.91. The third kappa shape index (κ3) is 3.44. The van der Waals surface area contributed by atoms with Gasteiger partial charge in [-0.15, -0.1) is 0 Å². The minimum atomic E-state index is -1.32. The number of rotatable bonds is 5. The summed E-state index contributed by atoms with van der Waals surface area (Å²) in [7, 11) is 1.46. The Labute approximate surface area is 183 Å². The van der Waals surface area contributed by atoms with Gasteiger partial charge in [0, 0.05) is 4.47 Å². The Kier molecular flexibility index (Phi) is 5.25. The van der Waals surface area contributed by atoms with E-state index in [2.05, 4.69) is 20.9 Å². The molecule has 0 unspecified atom stereocenters. The lowest BCUT2D eigenvalue weighted by atomic mass is 10.1. The summed E-state index contributed by atoms with van der Waals surface area (Å²) < 4.78 is 13.5. The summed E-state index contributed by atoms with van der Waals surface area (Å²) in [5.41, 5.74) is 4.27. The zero-order valence-electron chi connectivity index (χ0n) is 16.3. The number of imidazole rings is 1. The lowest BCUT2D eigenvalue weighted by molar-refractivity contribution is -0.307. The fraction of sp³-hybridized carbons (Fsp3) is 0.190. The van der Waals surface area contributed by atoms with Gasteiger partial charge in [0.05, 0.1) is 23.1 Å². The number of aryl methyl sites for hydroxylation is 1. The number of fused-ring (bicyclic) bond motifs is 3. The summed E-state index contributed by atoms with van der Waals surface area (Å²) in [5.74, 6) is -0.682. The van der Waals surface area contributed by atoms with Gasteiger partial charge in [-0.1, -0.05) is 17.4 Å². The van der Waals surface area contributed by atoms with Crippen LogP contribution >= 0.6 is 27.3 Å². The van der Waals surface area contributed by atoms with Crippen LogP contribution in [-0.2, 0) is 4.79 Å². The van der Waals surface area contributed by atoms with Crippen LogP contribution in [0, 0.1) is 13.8 Å². The number of thiazole rings is 1. The van der Waals surface area contributed by atoms with Crippen LogP contribution in [0.2, 0.25) is 0 Å². The SMILES string of the molecule is COc1cc(/C=c2/sc3nc4c(Br)c(C)c(C)cc4n3c2=O)ccc1OCC(=O)[O-]. The fourth-order valence-corrected chi connectivity index (χ4v) is 4.74. The molecule has 0 saturated carbocycles. The molecule has 0 saturated heterocycles. The molecule has 7 nitrogen and oxygen atoms in total. The summed E-state index contributed by atoms with van der Waals surface area (Å²) in [6.07, 6.45) is 1.74. The van der Waals surface area contributed by atoms with Crippen molar-refractivity contribution < 1.29 is 19.4 Å². The Morgan fingerprint density at radius 1 is 1.30 bits per heavy atom. The van der Waals surface area contributed by atoms with Crippen molar-refractivity contribution in [1.82, 2.24) is 9.38 Å². The molecule has 0 atom stereocenters. The van der Waals surface area contributed by atoms with E-state index < -0.39 is 12.6 Å². The molecule has 2 aromatic carbocycles. The predicted molar refractivity (Wildman–Crippen MR) is 116 cm³/mol. The second kappa shape index (κ2) is 7.73. The maximum atomic E-state index is 13.1. The smallest absolute Gasteiger partial charge is 0.274 e. The van der Waals surface area contributed by atoms with Crippen LogP contribution in [0.25, 0.3) is 22.1 Å². The molecule has 2 aromatic heterocycles. The summed E-state index contributed by atoms with van der Waals surface area (Å²) in [6, 6.07) is 6.96. The van der Waals surface area contributed by atoms with Crippen molar-refractivity contribution in [1.29, 1.82) is 0 Å². The average Bonchev–Trinajstić information content (AvgIpc) is 3.22. The number of carbonyl (C=O) groups excluding carboxylic acids is 1. The van der Waals surface area contributed by atoms with Crippen LogP contribution in [0.15, 0.2) is 33.5 Å². The maximum Gasteiger partial charge on any atom is 0.274 e. The van der Waals surface area contributed by atoms with Crippen LogP contribution in [0.4, 0.5) is 0 Å². The second-order valence-electron chi connectivity index (χ2n) is 6.72. The number of halogens is 1. The van der Waals surface area contributed by atoms with E-state index in [1.165, 1.54) is 18.4 Å². The van der Waals surface area contributed by atoms with Crippen molar-refractivity contribution in [2.24, 2.45) is 0 Å².